The van der Waals surface area contributed by atoms with Crippen LogP contribution in [0.3, 0.4) is 0 Å². The highest BCUT2D eigenvalue weighted by Gasteiger charge is 2.08. The first-order valence-corrected chi connectivity index (χ1v) is 4.33. The highest BCUT2D eigenvalue weighted by molar-refractivity contribution is 7.99. The minimum Gasteiger partial charge on any atom is -0.466 e. The van der Waals surface area contributed by atoms with Crippen molar-refractivity contribution in [1.29, 1.82) is 0 Å². The molecule has 1 saturated heterocycles. The lowest BCUT2D eigenvalue weighted by molar-refractivity contribution is -0.134. The molecule has 0 atom stereocenters. The van der Waals surface area contributed by atoms with Gasteiger partial charge in [-0.25, -0.2) is 4.79 Å². The molecule has 0 aromatic rings. The molecule has 0 aliphatic carbocycles. The summed E-state index contributed by atoms with van der Waals surface area (Å²) in [6.45, 7) is 0. The van der Waals surface area contributed by atoms with Crippen LogP contribution in [0.15, 0.2) is 11.6 Å². The van der Waals surface area contributed by atoms with Crippen LogP contribution in [0, 0.1) is 0 Å². The van der Waals surface area contributed by atoms with E-state index < -0.39 is 0 Å². The number of ether oxygens (including phenoxy) is 1. The summed E-state index contributed by atoms with van der Waals surface area (Å²) in [4.78, 5) is 10.7. The van der Waals surface area contributed by atoms with Crippen LogP contribution in [-0.2, 0) is 9.53 Å². The van der Waals surface area contributed by atoms with Crippen LogP contribution in [0.5, 0.6) is 0 Å². The second-order valence-electron chi connectivity index (χ2n) is 2.13. The fraction of sp³-hybridized carbons (Fsp3) is 0.571. The van der Waals surface area contributed by atoms with Crippen LogP contribution < -0.4 is 0 Å². The van der Waals surface area contributed by atoms with E-state index in [2.05, 4.69) is 4.74 Å². The van der Waals surface area contributed by atoms with E-state index in [-0.39, 0.29) is 5.97 Å². The van der Waals surface area contributed by atoms with Gasteiger partial charge < -0.3 is 4.74 Å². The zero-order chi connectivity index (χ0) is 7.40. The summed E-state index contributed by atoms with van der Waals surface area (Å²) in [5.74, 6) is 1.91. The van der Waals surface area contributed by atoms with Crippen molar-refractivity contribution in [1.82, 2.24) is 0 Å². The quantitative estimate of drug-likeness (QED) is 0.424. The van der Waals surface area contributed by atoms with Crippen LogP contribution in [-0.4, -0.2) is 24.6 Å². The van der Waals surface area contributed by atoms with Gasteiger partial charge in [0.05, 0.1) is 7.11 Å². The van der Waals surface area contributed by atoms with Crippen LogP contribution >= 0.6 is 11.8 Å². The molecule has 0 bridgehead atoms. The zero-order valence-electron chi connectivity index (χ0n) is 5.92. The fourth-order valence-electron chi connectivity index (χ4n) is 0.818. The molecule has 1 heterocycles. The Kier molecular flexibility index (Phi) is 2.81. The van der Waals surface area contributed by atoms with Gasteiger partial charge in [-0.3, -0.25) is 0 Å². The summed E-state index contributed by atoms with van der Waals surface area (Å²) in [7, 11) is 1.40. The Hall–Kier alpha value is -0.440. The Morgan fingerprint density at radius 3 is 3.10 bits per heavy atom. The summed E-state index contributed by atoms with van der Waals surface area (Å²) in [5.41, 5.74) is 1.21. The van der Waals surface area contributed by atoms with Crippen LogP contribution in [0.2, 0.25) is 0 Å². The molecular weight excluding hydrogens is 148 g/mol. The SMILES string of the molecule is COC(=O)C=C1CCSC1. The van der Waals surface area contributed by atoms with Gasteiger partial charge in [0, 0.05) is 11.8 Å². The van der Waals surface area contributed by atoms with Crippen molar-refractivity contribution in [2.24, 2.45) is 0 Å². The third kappa shape index (κ3) is 2.06. The van der Waals surface area contributed by atoms with E-state index in [1.165, 1.54) is 12.7 Å². The second kappa shape index (κ2) is 3.66. The number of thioether (sulfide) groups is 1. The first-order chi connectivity index (χ1) is 4.83. The molecule has 0 amide bonds. The van der Waals surface area contributed by atoms with Gasteiger partial charge in [0.15, 0.2) is 0 Å². The summed E-state index contributed by atoms with van der Waals surface area (Å²) in [5, 5.41) is 0. The molecule has 0 aromatic heterocycles. The Morgan fingerprint density at radius 2 is 2.60 bits per heavy atom. The largest absolute Gasteiger partial charge is 0.466 e. The monoisotopic (exact) mass is 158 g/mol. The van der Waals surface area contributed by atoms with Crippen molar-refractivity contribution in [3.8, 4) is 0 Å². The maximum atomic E-state index is 10.7. The van der Waals surface area contributed by atoms with E-state index in [0.29, 0.717) is 0 Å². The van der Waals surface area contributed by atoms with Crippen molar-refractivity contribution in [3.05, 3.63) is 11.6 Å². The average molecular weight is 158 g/mol. The van der Waals surface area contributed by atoms with Gasteiger partial charge in [0.2, 0.25) is 0 Å². The van der Waals surface area contributed by atoms with Crippen LogP contribution in [0.25, 0.3) is 0 Å². The van der Waals surface area contributed by atoms with E-state index in [0.717, 1.165) is 17.9 Å². The molecule has 2 nitrogen and oxygen atoms in total. The molecule has 0 N–H and O–H groups in total. The minimum atomic E-state index is -0.225. The first-order valence-electron chi connectivity index (χ1n) is 3.18. The molecule has 3 heteroatoms. The number of hydrogen-bond donors (Lipinski definition) is 0. The van der Waals surface area contributed by atoms with E-state index in [9.17, 15) is 4.79 Å². The van der Waals surface area contributed by atoms with E-state index in [1.54, 1.807) is 6.08 Å². The van der Waals surface area contributed by atoms with Crippen molar-refractivity contribution >= 4 is 17.7 Å². The third-order valence-electron chi connectivity index (χ3n) is 1.38. The van der Waals surface area contributed by atoms with Gasteiger partial charge in [0.1, 0.15) is 0 Å². The third-order valence-corrected chi connectivity index (χ3v) is 2.45. The molecule has 0 unspecified atom stereocenters. The predicted molar refractivity (Wildman–Crippen MR) is 42.0 cm³/mol. The number of carbonyl (C=O) groups is 1. The maximum absolute atomic E-state index is 10.7. The zero-order valence-corrected chi connectivity index (χ0v) is 6.74. The summed E-state index contributed by atoms with van der Waals surface area (Å²) in [6.07, 6.45) is 2.64. The number of hydrogen-bond acceptors (Lipinski definition) is 3. The topological polar surface area (TPSA) is 26.3 Å². The number of rotatable bonds is 1. The average Bonchev–Trinajstić information content (AvgIpc) is 2.40. The van der Waals surface area contributed by atoms with E-state index in [1.807, 2.05) is 11.8 Å². The van der Waals surface area contributed by atoms with Crippen molar-refractivity contribution in [2.75, 3.05) is 18.6 Å². The Bertz CT molecular complexity index is 155. The molecule has 0 saturated carbocycles. The summed E-state index contributed by atoms with van der Waals surface area (Å²) in [6, 6.07) is 0. The van der Waals surface area contributed by atoms with E-state index >= 15 is 0 Å². The molecule has 1 aliphatic heterocycles. The predicted octanol–water partition coefficient (Wildman–Crippen LogP) is 1.22. The Morgan fingerprint density at radius 1 is 1.80 bits per heavy atom. The smallest absolute Gasteiger partial charge is 0.330 e. The van der Waals surface area contributed by atoms with Crippen LogP contribution in [0.4, 0.5) is 0 Å². The Labute approximate surface area is 64.6 Å². The number of methoxy groups -OCH3 is 1. The fourth-order valence-corrected chi connectivity index (χ4v) is 1.86. The first kappa shape index (κ1) is 7.66. The molecule has 0 aromatic carbocycles. The Balaban J connectivity index is 2.45. The van der Waals surface area contributed by atoms with Gasteiger partial charge in [-0.1, -0.05) is 5.57 Å². The van der Waals surface area contributed by atoms with Crippen molar-refractivity contribution < 1.29 is 9.53 Å². The van der Waals surface area contributed by atoms with Gasteiger partial charge in [0.25, 0.3) is 0 Å². The molecule has 56 valence electrons. The van der Waals surface area contributed by atoms with E-state index in [4.69, 9.17) is 0 Å². The van der Waals surface area contributed by atoms with Gasteiger partial charge in [-0.15, -0.1) is 0 Å². The lowest BCUT2D eigenvalue weighted by atomic mass is 10.2. The minimum absolute atomic E-state index is 0.225. The molecule has 1 aliphatic rings. The van der Waals surface area contributed by atoms with Crippen molar-refractivity contribution in [3.63, 3.8) is 0 Å². The summed E-state index contributed by atoms with van der Waals surface area (Å²) >= 11 is 1.86. The second-order valence-corrected chi connectivity index (χ2v) is 3.23. The highest BCUT2D eigenvalue weighted by atomic mass is 32.2. The maximum Gasteiger partial charge on any atom is 0.330 e. The molecule has 1 fully saturated rings. The molecular formula is C7H10O2S. The standard InChI is InChI=1S/C7H10O2S/c1-9-7(8)4-6-2-3-10-5-6/h4H,2-3,5H2,1H3. The van der Waals surface area contributed by atoms with Gasteiger partial charge in [-0.2, -0.15) is 11.8 Å². The van der Waals surface area contributed by atoms with Crippen molar-refractivity contribution in [2.45, 2.75) is 6.42 Å². The van der Waals surface area contributed by atoms with Gasteiger partial charge >= 0.3 is 5.97 Å². The van der Waals surface area contributed by atoms with Crippen LogP contribution in [0.1, 0.15) is 6.42 Å². The molecule has 0 radical (unpaired) electrons. The highest BCUT2D eigenvalue weighted by Crippen LogP contribution is 2.22. The number of esters is 1. The molecule has 1 rings (SSSR count). The number of carbonyl (C=O) groups excluding carboxylic acids is 1. The lowest BCUT2D eigenvalue weighted by Gasteiger charge is -1.92. The summed E-state index contributed by atoms with van der Waals surface area (Å²) < 4.78 is 4.49. The van der Waals surface area contributed by atoms with Gasteiger partial charge in [-0.05, 0) is 12.2 Å². The molecule has 0 spiro atoms. The normalized spacial score (nSPS) is 21.5. The lowest BCUT2D eigenvalue weighted by Crippen LogP contribution is -1.96. The molecule has 10 heavy (non-hydrogen) atoms.